The second kappa shape index (κ2) is 4.41. The highest BCUT2D eigenvalue weighted by atomic mass is 16.4. The molecule has 1 N–H and O–H groups in total. The van der Waals surface area contributed by atoms with Crippen LogP contribution < -0.4 is 5.32 Å². The molecule has 0 saturated heterocycles. The molecule has 1 unspecified atom stereocenters. The molecular weight excluding hydrogens is 182 g/mol. The second-order valence-electron chi connectivity index (χ2n) is 2.86. The molecule has 4 nitrogen and oxygen atoms in total. The van der Waals surface area contributed by atoms with Crippen molar-refractivity contribution >= 4 is 11.9 Å². The van der Waals surface area contributed by atoms with E-state index in [0.29, 0.717) is 5.56 Å². The first-order valence-corrected chi connectivity index (χ1v) is 4.14. The molecule has 0 aliphatic carbocycles. The van der Waals surface area contributed by atoms with E-state index in [9.17, 15) is 14.7 Å². The molecule has 1 aromatic carbocycles. The van der Waals surface area contributed by atoms with Crippen LogP contribution in [0.25, 0.3) is 0 Å². The molecule has 1 atom stereocenters. The molecule has 4 heteroatoms. The molecule has 0 fully saturated rings. The Morgan fingerprint density at radius 3 is 2.21 bits per heavy atom. The Balaban J connectivity index is 2.89. The maximum Gasteiger partial charge on any atom is 0.382 e. The lowest BCUT2D eigenvalue weighted by molar-refractivity contribution is -0.147. The number of nitrogens with one attached hydrogen (secondary N) is 1. The summed E-state index contributed by atoms with van der Waals surface area (Å²) in [5.41, 5.74) is 0.503. The predicted molar refractivity (Wildman–Crippen MR) is 48.7 cm³/mol. The number of hydrogen-bond acceptors (Lipinski definition) is 2. The number of carbonyl (C=O) groups is 2. The first-order chi connectivity index (χ1) is 6.61. The van der Waals surface area contributed by atoms with E-state index in [1.807, 2.05) is 0 Å². The van der Waals surface area contributed by atoms with E-state index < -0.39 is 17.9 Å². The normalized spacial score (nSPS) is 11.8. The van der Waals surface area contributed by atoms with Crippen LogP contribution in [0.3, 0.4) is 0 Å². The van der Waals surface area contributed by atoms with Crippen LogP contribution in [0.4, 0.5) is 0 Å². The van der Waals surface area contributed by atoms with Gasteiger partial charge in [0.05, 0.1) is 0 Å². The van der Waals surface area contributed by atoms with Crippen molar-refractivity contribution in [2.45, 2.75) is 13.0 Å². The molecule has 1 radical (unpaired) electrons. The summed E-state index contributed by atoms with van der Waals surface area (Å²) in [7, 11) is 0. The van der Waals surface area contributed by atoms with Crippen LogP contribution >= 0.6 is 0 Å². The largest absolute Gasteiger partial charge is 0.382 e. The molecule has 0 aliphatic rings. The van der Waals surface area contributed by atoms with Crippen LogP contribution in [0.5, 0.6) is 0 Å². The molecular formula is C10H10NO3. The number of amides is 1. The Morgan fingerprint density at radius 2 is 1.79 bits per heavy atom. The van der Waals surface area contributed by atoms with Gasteiger partial charge in [0.25, 0.3) is 0 Å². The second-order valence-corrected chi connectivity index (χ2v) is 2.86. The van der Waals surface area contributed by atoms with Crippen LogP contribution in [-0.4, -0.2) is 11.9 Å². The molecule has 1 aromatic rings. The van der Waals surface area contributed by atoms with Crippen molar-refractivity contribution in [3.05, 3.63) is 35.9 Å². The van der Waals surface area contributed by atoms with Crippen molar-refractivity contribution in [2.24, 2.45) is 0 Å². The monoisotopic (exact) mass is 192 g/mol. The Bertz CT molecular complexity index is 334. The molecule has 1 rings (SSSR count). The summed E-state index contributed by atoms with van der Waals surface area (Å²) in [5, 5.41) is 13.0. The fourth-order valence-corrected chi connectivity index (χ4v) is 1.13. The molecule has 0 saturated carbocycles. The first kappa shape index (κ1) is 10.2. The third-order valence-electron chi connectivity index (χ3n) is 1.72. The Morgan fingerprint density at radius 1 is 1.21 bits per heavy atom. The van der Waals surface area contributed by atoms with Crippen molar-refractivity contribution in [3.63, 3.8) is 0 Å². The first-order valence-electron chi connectivity index (χ1n) is 4.14. The van der Waals surface area contributed by atoms with Crippen molar-refractivity contribution in [3.8, 4) is 0 Å². The zero-order chi connectivity index (χ0) is 10.6. The van der Waals surface area contributed by atoms with Crippen LogP contribution in [0.1, 0.15) is 18.5 Å². The van der Waals surface area contributed by atoms with E-state index in [1.54, 1.807) is 30.3 Å². The predicted octanol–water partition coefficient (Wildman–Crippen LogP) is 0.821. The zero-order valence-electron chi connectivity index (χ0n) is 7.69. The summed E-state index contributed by atoms with van der Waals surface area (Å²) in [6.07, 6.45) is 0. The average Bonchev–Trinajstić information content (AvgIpc) is 2.15. The van der Waals surface area contributed by atoms with E-state index in [1.165, 1.54) is 6.92 Å². The van der Waals surface area contributed by atoms with Gasteiger partial charge in [-0.3, -0.25) is 4.79 Å². The highest BCUT2D eigenvalue weighted by Crippen LogP contribution is 2.12. The molecule has 1 amide bonds. The average molecular weight is 192 g/mol. The van der Waals surface area contributed by atoms with E-state index in [-0.39, 0.29) is 0 Å². The maximum atomic E-state index is 10.7. The quantitative estimate of drug-likeness (QED) is 0.770. The molecule has 0 spiro atoms. The lowest BCUT2D eigenvalue weighted by atomic mass is 10.1. The van der Waals surface area contributed by atoms with Crippen molar-refractivity contribution in [2.75, 3.05) is 0 Å². The van der Waals surface area contributed by atoms with E-state index in [0.717, 1.165) is 0 Å². The van der Waals surface area contributed by atoms with Gasteiger partial charge in [-0.2, -0.15) is 0 Å². The van der Waals surface area contributed by atoms with Crippen molar-refractivity contribution in [1.82, 2.24) is 5.32 Å². The Kier molecular flexibility index (Phi) is 3.23. The highest BCUT2D eigenvalue weighted by Gasteiger charge is 2.21. The minimum atomic E-state index is -1.31. The van der Waals surface area contributed by atoms with Crippen LogP contribution in [0, 0.1) is 0 Å². The topological polar surface area (TPSA) is 66.1 Å². The Hall–Kier alpha value is -1.84. The maximum absolute atomic E-state index is 10.7. The lowest BCUT2D eigenvalue weighted by Crippen LogP contribution is -2.31. The SMILES string of the molecule is CC(=O)NC(C([O])=O)c1ccccc1. The number of carbonyl (C=O) groups excluding carboxylic acids is 2. The van der Waals surface area contributed by atoms with Gasteiger partial charge in [-0.15, -0.1) is 0 Å². The van der Waals surface area contributed by atoms with Gasteiger partial charge < -0.3 is 5.32 Å². The number of rotatable bonds is 3. The van der Waals surface area contributed by atoms with Crippen LogP contribution in [-0.2, 0) is 14.7 Å². The van der Waals surface area contributed by atoms with Gasteiger partial charge in [-0.1, -0.05) is 30.3 Å². The standard InChI is InChI=1S/C10H10NO3/c1-7(12)11-9(10(13)14)8-5-3-2-4-6-8/h2-6,9H,1H3,(H,11,12). The van der Waals surface area contributed by atoms with Gasteiger partial charge in [0.15, 0.2) is 6.04 Å². The molecule has 14 heavy (non-hydrogen) atoms. The number of hydrogen-bond donors (Lipinski definition) is 1. The molecule has 0 bridgehead atoms. The Labute approximate surface area is 81.6 Å². The minimum absolute atomic E-state index is 0.400. The van der Waals surface area contributed by atoms with Crippen LogP contribution in [0.15, 0.2) is 30.3 Å². The minimum Gasteiger partial charge on any atom is -0.339 e. The molecule has 0 aliphatic heterocycles. The number of benzene rings is 1. The summed E-state index contributed by atoms with van der Waals surface area (Å²) in [4.78, 5) is 21.4. The summed E-state index contributed by atoms with van der Waals surface area (Å²) in [6, 6.07) is 7.34. The highest BCUT2D eigenvalue weighted by molar-refractivity contribution is 5.83. The summed E-state index contributed by atoms with van der Waals surface area (Å²) in [6.45, 7) is 1.26. The van der Waals surface area contributed by atoms with Crippen molar-refractivity contribution in [1.29, 1.82) is 0 Å². The smallest absolute Gasteiger partial charge is 0.339 e. The fraction of sp³-hybridized carbons (Fsp3) is 0.200. The van der Waals surface area contributed by atoms with Crippen LogP contribution in [0.2, 0.25) is 0 Å². The third-order valence-corrected chi connectivity index (χ3v) is 1.72. The van der Waals surface area contributed by atoms with Gasteiger partial charge >= 0.3 is 5.97 Å². The van der Waals surface area contributed by atoms with Gasteiger partial charge in [0.1, 0.15) is 0 Å². The van der Waals surface area contributed by atoms with Crippen molar-refractivity contribution < 1.29 is 14.7 Å². The fourth-order valence-electron chi connectivity index (χ4n) is 1.13. The van der Waals surface area contributed by atoms with Gasteiger partial charge in [-0.25, -0.2) is 9.90 Å². The molecule has 0 aromatic heterocycles. The van der Waals surface area contributed by atoms with Gasteiger partial charge in [0, 0.05) is 6.92 Å². The van der Waals surface area contributed by atoms with Gasteiger partial charge in [0.2, 0.25) is 5.91 Å². The molecule has 0 heterocycles. The molecule has 73 valence electrons. The summed E-state index contributed by atoms with van der Waals surface area (Å²) >= 11 is 0. The zero-order valence-corrected chi connectivity index (χ0v) is 7.69. The van der Waals surface area contributed by atoms with E-state index in [2.05, 4.69) is 5.32 Å². The lowest BCUT2D eigenvalue weighted by Gasteiger charge is -2.11. The van der Waals surface area contributed by atoms with E-state index >= 15 is 0 Å². The van der Waals surface area contributed by atoms with E-state index in [4.69, 9.17) is 0 Å². The summed E-state index contributed by atoms with van der Waals surface area (Å²) < 4.78 is 0. The summed E-state index contributed by atoms with van der Waals surface area (Å²) in [5.74, 6) is -1.71. The van der Waals surface area contributed by atoms with Gasteiger partial charge in [-0.05, 0) is 5.56 Å². The third kappa shape index (κ3) is 2.58.